The molecule has 0 aliphatic carbocycles. The van der Waals surface area contributed by atoms with Crippen LogP contribution < -0.4 is 13.8 Å². The molecule has 242 valence electrons. The second-order valence-corrected chi connectivity index (χ2v) is 14.2. The van der Waals surface area contributed by atoms with Crippen molar-refractivity contribution in [1.29, 1.82) is 0 Å². The van der Waals surface area contributed by atoms with Crippen LogP contribution in [-0.2, 0) is 21.4 Å². The van der Waals surface area contributed by atoms with Gasteiger partial charge in [0.15, 0.2) is 0 Å². The standard InChI is InChI=1S/C36H34F2N4O4S/c1-36(2,3)16-17-46-30-9-4-6-26(19-30)25-12-10-24(11-13-25)18-34-39-33(31-15-14-27(37)20-32(31)38)22-41(34)28-7-5-8-29(21-28)42-23-35(43)40-47(42,44)45/h4-15,19-22H,16-18,23H2,1-3H3,(H,40,43). The van der Waals surface area contributed by atoms with Gasteiger partial charge in [-0.05, 0) is 71.0 Å². The lowest BCUT2D eigenvalue weighted by Crippen LogP contribution is -2.29. The molecule has 0 spiro atoms. The molecule has 1 aliphatic heterocycles. The predicted octanol–water partition coefficient (Wildman–Crippen LogP) is 7.07. The quantitative estimate of drug-likeness (QED) is 0.183. The minimum atomic E-state index is -4.02. The van der Waals surface area contributed by atoms with E-state index in [1.807, 2.05) is 53.3 Å². The highest BCUT2D eigenvalue weighted by atomic mass is 32.2. The fourth-order valence-corrected chi connectivity index (χ4v) is 6.45. The van der Waals surface area contributed by atoms with Gasteiger partial charge in [-0.25, -0.2) is 22.8 Å². The number of anilines is 1. The van der Waals surface area contributed by atoms with E-state index in [2.05, 4.69) is 20.8 Å². The highest BCUT2D eigenvalue weighted by Crippen LogP contribution is 2.30. The van der Waals surface area contributed by atoms with Gasteiger partial charge < -0.3 is 9.30 Å². The summed E-state index contributed by atoms with van der Waals surface area (Å²) in [6.07, 6.45) is 2.92. The number of aromatic nitrogens is 2. The van der Waals surface area contributed by atoms with Crippen molar-refractivity contribution in [3.63, 3.8) is 0 Å². The van der Waals surface area contributed by atoms with Gasteiger partial charge in [0.1, 0.15) is 29.8 Å². The Hall–Kier alpha value is -5.03. The zero-order valence-corrected chi connectivity index (χ0v) is 27.0. The Morgan fingerprint density at radius 2 is 1.64 bits per heavy atom. The first-order chi connectivity index (χ1) is 22.3. The molecule has 1 aliphatic rings. The number of nitrogens with one attached hydrogen (secondary N) is 1. The van der Waals surface area contributed by atoms with Gasteiger partial charge in [-0.1, -0.05) is 63.2 Å². The van der Waals surface area contributed by atoms with Gasteiger partial charge in [0.2, 0.25) is 0 Å². The number of nitrogens with zero attached hydrogens (tertiary/aromatic N) is 3. The number of hydrogen-bond acceptors (Lipinski definition) is 5. The van der Waals surface area contributed by atoms with Gasteiger partial charge in [-0.15, -0.1) is 0 Å². The fraction of sp³-hybridized carbons (Fsp3) is 0.222. The summed E-state index contributed by atoms with van der Waals surface area (Å²) in [6.45, 7) is 6.84. The van der Waals surface area contributed by atoms with E-state index in [-0.39, 0.29) is 28.9 Å². The minimum absolute atomic E-state index is 0.124. The highest BCUT2D eigenvalue weighted by molar-refractivity contribution is 7.92. The Kier molecular flexibility index (Phi) is 8.59. The average molecular weight is 657 g/mol. The molecule has 1 N–H and O–H groups in total. The van der Waals surface area contributed by atoms with Crippen LogP contribution in [0.5, 0.6) is 5.75 Å². The molecule has 1 aromatic heterocycles. The third-order valence-electron chi connectivity index (χ3n) is 7.81. The highest BCUT2D eigenvalue weighted by Gasteiger charge is 2.34. The van der Waals surface area contributed by atoms with Crippen molar-refractivity contribution in [3.05, 3.63) is 120 Å². The minimum Gasteiger partial charge on any atom is -0.494 e. The maximum Gasteiger partial charge on any atom is 0.326 e. The Morgan fingerprint density at radius 1 is 0.894 bits per heavy atom. The van der Waals surface area contributed by atoms with Crippen molar-refractivity contribution >= 4 is 21.8 Å². The first kappa shape index (κ1) is 31.9. The van der Waals surface area contributed by atoms with E-state index in [0.29, 0.717) is 24.5 Å². The van der Waals surface area contributed by atoms with Gasteiger partial charge >= 0.3 is 10.2 Å². The SMILES string of the molecule is CC(C)(C)CCOc1cccc(-c2ccc(Cc3nc(-c4ccc(F)cc4F)cn3-c3cccc(N4CC(=O)NS4(=O)=O)c3)cc2)c1. The number of amides is 1. The molecule has 8 nitrogen and oxygen atoms in total. The Bertz CT molecular complexity index is 2050. The molecule has 0 unspecified atom stereocenters. The number of halogens is 2. The summed E-state index contributed by atoms with van der Waals surface area (Å²) in [6, 6.07) is 25.9. The van der Waals surface area contributed by atoms with Gasteiger partial charge in [0, 0.05) is 29.9 Å². The van der Waals surface area contributed by atoms with E-state index in [1.165, 1.54) is 12.1 Å². The van der Waals surface area contributed by atoms with Gasteiger partial charge in [-0.2, -0.15) is 8.42 Å². The molecule has 0 saturated carbocycles. The predicted molar refractivity (Wildman–Crippen MR) is 178 cm³/mol. The van der Waals surface area contributed by atoms with E-state index in [0.717, 1.165) is 39.2 Å². The van der Waals surface area contributed by atoms with Crippen molar-refractivity contribution < 1.29 is 26.7 Å². The fourth-order valence-electron chi connectivity index (χ4n) is 5.31. The summed E-state index contributed by atoms with van der Waals surface area (Å²) < 4.78 is 64.3. The van der Waals surface area contributed by atoms with Gasteiger partial charge in [-0.3, -0.25) is 4.79 Å². The van der Waals surface area contributed by atoms with Crippen molar-refractivity contribution in [2.45, 2.75) is 33.6 Å². The third kappa shape index (κ3) is 7.36. The van der Waals surface area contributed by atoms with E-state index in [1.54, 1.807) is 35.0 Å². The van der Waals surface area contributed by atoms with E-state index in [4.69, 9.17) is 9.72 Å². The van der Waals surface area contributed by atoms with Crippen LogP contribution in [0.2, 0.25) is 0 Å². The molecule has 1 fully saturated rings. The molecule has 47 heavy (non-hydrogen) atoms. The average Bonchev–Trinajstić information content (AvgIpc) is 3.55. The molecule has 0 atom stereocenters. The van der Waals surface area contributed by atoms with Crippen molar-refractivity contribution in [1.82, 2.24) is 14.3 Å². The summed E-state index contributed by atoms with van der Waals surface area (Å²) in [5, 5.41) is 0. The number of rotatable bonds is 9. The maximum absolute atomic E-state index is 14.8. The zero-order valence-electron chi connectivity index (χ0n) is 26.2. The molecule has 6 rings (SSSR count). The molecule has 0 radical (unpaired) electrons. The molecule has 11 heteroatoms. The lowest BCUT2D eigenvalue weighted by atomic mass is 9.93. The number of carbonyl (C=O) groups is 1. The third-order valence-corrected chi connectivity index (χ3v) is 9.21. The number of benzene rings is 4. The monoisotopic (exact) mass is 656 g/mol. The van der Waals surface area contributed by atoms with Crippen molar-refractivity contribution in [3.8, 4) is 33.8 Å². The number of carbonyl (C=O) groups excluding carboxylic acids is 1. The lowest BCUT2D eigenvalue weighted by molar-refractivity contribution is -0.117. The summed E-state index contributed by atoms with van der Waals surface area (Å²) in [5.74, 6) is -0.729. The van der Waals surface area contributed by atoms with Crippen LogP contribution in [0, 0.1) is 17.0 Å². The number of hydrogen-bond donors (Lipinski definition) is 1. The van der Waals surface area contributed by atoms with Crippen LogP contribution in [0.15, 0.2) is 97.2 Å². The van der Waals surface area contributed by atoms with Crippen LogP contribution in [0.4, 0.5) is 14.5 Å². The summed E-state index contributed by atoms with van der Waals surface area (Å²) in [5.41, 5.74) is 4.38. The number of imidazole rings is 1. The number of ether oxygens (including phenoxy) is 1. The first-order valence-electron chi connectivity index (χ1n) is 15.1. The van der Waals surface area contributed by atoms with Crippen LogP contribution in [-0.4, -0.2) is 37.0 Å². The van der Waals surface area contributed by atoms with Crippen LogP contribution >= 0.6 is 0 Å². The van der Waals surface area contributed by atoms with Crippen molar-refractivity contribution in [2.24, 2.45) is 5.41 Å². The first-order valence-corrected chi connectivity index (χ1v) is 16.6. The van der Waals surface area contributed by atoms with E-state index >= 15 is 0 Å². The topological polar surface area (TPSA) is 93.5 Å². The summed E-state index contributed by atoms with van der Waals surface area (Å²) in [4.78, 5) is 16.6. The van der Waals surface area contributed by atoms with Crippen LogP contribution in [0.3, 0.4) is 0 Å². The second-order valence-electron chi connectivity index (χ2n) is 12.7. The molecule has 4 aromatic carbocycles. The molecule has 5 aromatic rings. The molecule has 1 amide bonds. The molecular formula is C36H34F2N4O4S. The van der Waals surface area contributed by atoms with Gasteiger partial charge in [0.25, 0.3) is 5.91 Å². The van der Waals surface area contributed by atoms with E-state index < -0.39 is 27.8 Å². The second kappa shape index (κ2) is 12.6. The van der Waals surface area contributed by atoms with Gasteiger partial charge in [0.05, 0.1) is 18.0 Å². The Morgan fingerprint density at radius 3 is 2.34 bits per heavy atom. The Labute approximate surface area is 272 Å². The molecule has 2 heterocycles. The zero-order chi connectivity index (χ0) is 33.3. The molecular weight excluding hydrogens is 622 g/mol. The summed E-state index contributed by atoms with van der Waals surface area (Å²) >= 11 is 0. The Balaban J connectivity index is 1.31. The summed E-state index contributed by atoms with van der Waals surface area (Å²) in [7, 11) is -4.02. The van der Waals surface area contributed by atoms with Crippen molar-refractivity contribution in [2.75, 3.05) is 17.5 Å². The maximum atomic E-state index is 14.8. The van der Waals surface area contributed by atoms with E-state index in [9.17, 15) is 22.0 Å². The largest absolute Gasteiger partial charge is 0.494 e. The van der Waals surface area contributed by atoms with Crippen LogP contribution in [0.1, 0.15) is 38.6 Å². The molecule has 1 saturated heterocycles. The normalized spacial score (nSPS) is 14.3. The van der Waals surface area contributed by atoms with Crippen LogP contribution in [0.25, 0.3) is 28.1 Å². The molecule has 0 bridgehead atoms. The smallest absolute Gasteiger partial charge is 0.326 e. The lowest BCUT2D eigenvalue weighted by Gasteiger charge is -2.18.